The highest BCUT2D eigenvalue weighted by molar-refractivity contribution is 5.76. The summed E-state index contributed by atoms with van der Waals surface area (Å²) in [6.45, 7) is 3.42. The van der Waals surface area contributed by atoms with Crippen molar-refractivity contribution in [2.75, 3.05) is 40.0 Å². The van der Waals surface area contributed by atoms with E-state index in [1.54, 1.807) is 19.2 Å². The first-order valence-electron chi connectivity index (χ1n) is 9.62. The number of carbonyl (C=O) groups excluding carboxylic acids is 1. The average molecular weight is 386 g/mol. The quantitative estimate of drug-likeness (QED) is 0.758. The number of amides is 1. The molecule has 0 aromatic heterocycles. The molecule has 1 aliphatic heterocycles. The largest absolute Gasteiger partial charge is 0.497 e. The van der Waals surface area contributed by atoms with Crippen LogP contribution in [0.2, 0.25) is 0 Å². The highest BCUT2D eigenvalue weighted by atomic mass is 19.1. The van der Waals surface area contributed by atoms with Gasteiger partial charge in [-0.15, -0.1) is 0 Å². The molecule has 28 heavy (non-hydrogen) atoms. The van der Waals surface area contributed by atoms with Crippen LogP contribution in [0.5, 0.6) is 5.75 Å². The minimum absolute atomic E-state index is 0.00874. The number of hydrogen-bond acceptors (Lipinski definition) is 4. The van der Waals surface area contributed by atoms with E-state index in [4.69, 9.17) is 9.47 Å². The predicted molar refractivity (Wildman–Crippen MR) is 106 cm³/mol. The zero-order valence-electron chi connectivity index (χ0n) is 16.2. The Hall–Kier alpha value is -2.44. The van der Waals surface area contributed by atoms with E-state index in [2.05, 4.69) is 10.2 Å². The van der Waals surface area contributed by atoms with Crippen LogP contribution in [0.4, 0.5) is 4.39 Å². The van der Waals surface area contributed by atoms with E-state index in [9.17, 15) is 9.18 Å². The molecule has 1 amide bonds. The first kappa shape index (κ1) is 20.3. The Morgan fingerprint density at radius 1 is 1.14 bits per heavy atom. The maximum Gasteiger partial charge on any atom is 0.220 e. The number of nitrogens with one attached hydrogen (secondary N) is 1. The minimum atomic E-state index is -0.256. The number of benzene rings is 2. The van der Waals surface area contributed by atoms with Crippen molar-refractivity contribution in [3.8, 4) is 5.75 Å². The fraction of sp³-hybridized carbons (Fsp3) is 0.409. The summed E-state index contributed by atoms with van der Waals surface area (Å²) in [5, 5.41) is 3.05. The Bertz CT molecular complexity index is 743. The van der Waals surface area contributed by atoms with Crippen LogP contribution in [-0.2, 0) is 16.0 Å². The van der Waals surface area contributed by atoms with E-state index in [0.29, 0.717) is 32.6 Å². The molecule has 5 nitrogen and oxygen atoms in total. The van der Waals surface area contributed by atoms with Crippen molar-refractivity contribution in [3.05, 3.63) is 65.5 Å². The van der Waals surface area contributed by atoms with E-state index in [-0.39, 0.29) is 17.8 Å². The number of halogens is 1. The van der Waals surface area contributed by atoms with E-state index < -0.39 is 0 Å². The lowest BCUT2D eigenvalue weighted by Crippen LogP contribution is -2.43. The molecule has 0 radical (unpaired) electrons. The SMILES string of the molecule is COc1ccc(CCC(=O)NC[C@@H](c2ccc(F)cc2)N2CCOCC2)cc1. The zero-order valence-corrected chi connectivity index (χ0v) is 16.2. The lowest BCUT2D eigenvalue weighted by atomic mass is 10.0. The van der Waals surface area contributed by atoms with E-state index in [0.717, 1.165) is 30.0 Å². The molecule has 0 unspecified atom stereocenters. The lowest BCUT2D eigenvalue weighted by molar-refractivity contribution is -0.121. The zero-order chi connectivity index (χ0) is 19.8. The van der Waals surface area contributed by atoms with Gasteiger partial charge < -0.3 is 14.8 Å². The van der Waals surface area contributed by atoms with Gasteiger partial charge in [-0.3, -0.25) is 9.69 Å². The van der Waals surface area contributed by atoms with Gasteiger partial charge >= 0.3 is 0 Å². The molecule has 1 atom stereocenters. The molecule has 0 bridgehead atoms. The van der Waals surface area contributed by atoms with Gasteiger partial charge in [-0.05, 0) is 41.8 Å². The van der Waals surface area contributed by atoms with Crippen molar-refractivity contribution < 1.29 is 18.7 Å². The first-order chi connectivity index (χ1) is 13.7. The topological polar surface area (TPSA) is 50.8 Å². The highest BCUT2D eigenvalue weighted by Crippen LogP contribution is 2.22. The van der Waals surface area contributed by atoms with E-state index in [1.165, 1.54) is 12.1 Å². The number of nitrogens with zero attached hydrogens (tertiary/aromatic N) is 1. The van der Waals surface area contributed by atoms with Gasteiger partial charge in [0.25, 0.3) is 0 Å². The van der Waals surface area contributed by atoms with Crippen LogP contribution in [-0.4, -0.2) is 50.8 Å². The fourth-order valence-corrected chi connectivity index (χ4v) is 3.38. The maximum absolute atomic E-state index is 13.3. The predicted octanol–water partition coefficient (Wildman–Crippen LogP) is 2.96. The molecule has 0 aliphatic carbocycles. The number of aryl methyl sites for hydroxylation is 1. The second-order valence-electron chi connectivity index (χ2n) is 6.87. The molecule has 6 heteroatoms. The van der Waals surface area contributed by atoms with Crippen molar-refractivity contribution in [3.63, 3.8) is 0 Å². The Labute approximate surface area is 165 Å². The summed E-state index contributed by atoms with van der Waals surface area (Å²) in [7, 11) is 1.63. The van der Waals surface area contributed by atoms with Gasteiger partial charge in [0.1, 0.15) is 11.6 Å². The molecule has 0 spiro atoms. The second kappa shape index (κ2) is 10.2. The van der Waals surface area contributed by atoms with Gasteiger partial charge in [0.05, 0.1) is 26.4 Å². The minimum Gasteiger partial charge on any atom is -0.497 e. The van der Waals surface area contributed by atoms with E-state index in [1.807, 2.05) is 24.3 Å². The van der Waals surface area contributed by atoms with E-state index >= 15 is 0 Å². The molecular weight excluding hydrogens is 359 g/mol. The van der Waals surface area contributed by atoms with Crippen LogP contribution in [0.15, 0.2) is 48.5 Å². The van der Waals surface area contributed by atoms with Gasteiger partial charge in [-0.25, -0.2) is 4.39 Å². The molecule has 2 aromatic rings. The van der Waals surface area contributed by atoms with Crippen molar-refractivity contribution >= 4 is 5.91 Å². The highest BCUT2D eigenvalue weighted by Gasteiger charge is 2.23. The second-order valence-corrected chi connectivity index (χ2v) is 6.87. The monoisotopic (exact) mass is 386 g/mol. The third-order valence-corrected chi connectivity index (χ3v) is 5.03. The third-order valence-electron chi connectivity index (χ3n) is 5.03. The average Bonchev–Trinajstić information content (AvgIpc) is 2.75. The normalized spacial score (nSPS) is 15.8. The van der Waals surface area contributed by atoms with Gasteiger partial charge in [-0.2, -0.15) is 0 Å². The summed E-state index contributed by atoms with van der Waals surface area (Å²) in [4.78, 5) is 14.7. The molecule has 1 aliphatic rings. The molecule has 2 aromatic carbocycles. The van der Waals surface area contributed by atoms with Crippen molar-refractivity contribution in [2.45, 2.75) is 18.9 Å². The van der Waals surface area contributed by atoms with Crippen molar-refractivity contribution in [1.29, 1.82) is 0 Å². The maximum atomic E-state index is 13.3. The number of ether oxygens (including phenoxy) is 2. The molecule has 1 heterocycles. The van der Waals surface area contributed by atoms with Crippen LogP contribution >= 0.6 is 0 Å². The first-order valence-corrected chi connectivity index (χ1v) is 9.62. The standard InChI is InChI=1S/C22H27FN2O3/c1-27-20-9-2-17(3-10-20)4-11-22(26)24-16-21(25-12-14-28-15-13-25)18-5-7-19(23)8-6-18/h2-3,5-10,21H,4,11-16H2,1H3,(H,24,26)/t21-/m0/s1. The summed E-state index contributed by atoms with van der Waals surface area (Å²) in [5.74, 6) is 0.560. The van der Waals surface area contributed by atoms with Crippen LogP contribution in [0.25, 0.3) is 0 Å². The molecule has 150 valence electrons. The van der Waals surface area contributed by atoms with Gasteiger partial charge in [0.2, 0.25) is 5.91 Å². The Morgan fingerprint density at radius 2 is 1.82 bits per heavy atom. The smallest absolute Gasteiger partial charge is 0.220 e. The summed E-state index contributed by atoms with van der Waals surface area (Å²) in [6, 6.07) is 14.3. The number of hydrogen-bond donors (Lipinski definition) is 1. The summed E-state index contributed by atoms with van der Waals surface area (Å²) >= 11 is 0. The fourth-order valence-electron chi connectivity index (χ4n) is 3.38. The van der Waals surface area contributed by atoms with Gasteiger partial charge in [0.15, 0.2) is 0 Å². The lowest BCUT2D eigenvalue weighted by Gasteiger charge is -2.35. The molecular formula is C22H27FN2O3. The molecule has 1 saturated heterocycles. The number of morpholine rings is 1. The van der Waals surface area contributed by atoms with Gasteiger partial charge in [0, 0.05) is 26.1 Å². The number of methoxy groups -OCH3 is 1. The Kier molecular flexibility index (Phi) is 7.39. The molecule has 3 rings (SSSR count). The van der Waals surface area contributed by atoms with Crippen molar-refractivity contribution in [1.82, 2.24) is 10.2 Å². The molecule has 1 N–H and O–H groups in total. The molecule has 1 fully saturated rings. The molecule has 0 saturated carbocycles. The number of rotatable bonds is 8. The Morgan fingerprint density at radius 3 is 2.46 bits per heavy atom. The number of carbonyl (C=O) groups is 1. The van der Waals surface area contributed by atoms with Crippen LogP contribution in [0.1, 0.15) is 23.6 Å². The van der Waals surface area contributed by atoms with Crippen LogP contribution < -0.4 is 10.1 Å². The van der Waals surface area contributed by atoms with Crippen LogP contribution in [0, 0.1) is 5.82 Å². The van der Waals surface area contributed by atoms with Crippen molar-refractivity contribution in [2.24, 2.45) is 0 Å². The summed E-state index contributed by atoms with van der Waals surface area (Å²) in [6.07, 6.45) is 1.10. The van der Waals surface area contributed by atoms with Crippen LogP contribution in [0.3, 0.4) is 0 Å². The van der Waals surface area contributed by atoms with Gasteiger partial charge in [-0.1, -0.05) is 24.3 Å². The summed E-state index contributed by atoms with van der Waals surface area (Å²) in [5.41, 5.74) is 2.10. The Balaban J connectivity index is 1.55. The third kappa shape index (κ3) is 5.78. The summed E-state index contributed by atoms with van der Waals surface area (Å²) < 4.78 is 23.9.